The van der Waals surface area contributed by atoms with E-state index in [4.69, 9.17) is 23.2 Å². The third kappa shape index (κ3) is 4.52. The number of anilines is 1. The smallest absolute Gasteiger partial charge is 0.114 e. The highest BCUT2D eigenvalue weighted by atomic mass is 32.1. The number of hydrogen-bond donors (Lipinski definition) is 1. The molecule has 0 aliphatic rings. The van der Waals surface area contributed by atoms with Crippen LogP contribution in [0.3, 0.4) is 0 Å². The molecule has 0 saturated heterocycles. The highest BCUT2D eigenvalue weighted by Crippen LogP contribution is 2.15. The Hall–Kier alpha value is -2.12. The van der Waals surface area contributed by atoms with Crippen LogP contribution in [-0.2, 0) is 0 Å². The number of benzene rings is 1. The molecule has 0 atom stereocenters. The van der Waals surface area contributed by atoms with Gasteiger partial charge in [-0.25, -0.2) is 0 Å². The standard InChI is InChI=1S/C16H19N3S/c1-3-19(4-2)15-10-8-13(9-11-15)6-5-7-14(12-17)16(18)20/h5-11H,3-4H2,1-2H3,(H2,18,20)/b6-5+,14-7-. The zero-order valence-electron chi connectivity index (χ0n) is 11.8. The van der Waals surface area contributed by atoms with Gasteiger partial charge in [0.1, 0.15) is 11.1 Å². The zero-order chi connectivity index (χ0) is 15.0. The second-order valence-corrected chi connectivity index (χ2v) is 4.62. The van der Waals surface area contributed by atoms with Crippen LogP contribution < -0.4 is 10.6 Å². The molecule has 0 fully saturated rings. The van der Waals surface area contributed by atoms with Gasteiger partial charge in [0.15, 0.2) is 0 Å². The molecule has 20 heavy (non-hydrogen) atoms. The molecule has 0 aliphatic heterocycles. The van der Waals surface area contributed by atoms with Gasteiger partial charge in [-0.05, 0) is 37.6 Å². The maximum Gasteiger partial charge on any atom is 0.114 e. The Balaban J connectivity index is 2.80. The van der Waals surface area contributed by atoms with Crippen molar-refractivity contribution < 1.29 is 0 Å². The molecule has 104 valence electrons. The minimum absolute atomic E-state index is 0.119. The van der Waals surface area contributed by atoms with Crippen LogP contribution in [0.25, 0.3) is 6.08 Å². The van der Waals surface area contributed by atoms with Crippen LogP contribution in [0.2, 0.25) is 0 Å². The van der Waals surface area contributed by atoms with E-state index in [0.717, 1.165) is 18.7 Å². The van der Waals surface area contributed by atoms with Gasteiger partial charge in [0, 0.05) is 18.8 Å². The first-order valence-electron chi connectivity index (χ1n) is 6.55. The summed E-state index contributed by atoms with van der Waals surface area (Å²) in [7, 11) is 0. The second kappa shape index (κ2) is 8.13. The van der Waals surface area contributed by atoms with Crippen molar-refractivity contribution in [2.75, 3.05) is 18.0 Å². The van der Waals surface area contributed by atoms with E-state index in [2.05, 4.69) is 30.9 Å². The maximum atomic E-state index is 8.82. The van der Waals surface area contributed by atoms with Crippen molar-refractivity contribution in [3.63, 3.8) is 0 Å². The predicted octanol–water partition coefficient (Wildman–Crippen LogP) is 3.28. The summed E-state index contributed by atoms with van der Waals surface area (Å²) in [5, 5.41) is 8.82. The third-order valence-corrected chi connectivity index (χ3v) is 3.18. The summed E-state index contributed by atoms with van der Waals surface area (Å²) in [6.07, 6.45) is 5.33. The van der Waals surface area contributed by atoms with Gasteiger partial charge in [0.05, 0.1) is 5.57 Å². The van der Waals surface area contributed by atoms with E-state index >= 15 is 0 Å². The molecule has 0 spiro atoms. The highest BCUT2D eigenvalue weighted by Gasteiger charge is 2.00. The van der Waals surface area contributed by atoms with Crippen LogP contribution in [-0.4, -0.2) is 18.1 Å². The van der Waals surface area contributed by atoms with Crippen LogP contribution in [0, 0.1) is 11.3 Å². The van der Waals surface area contributed by atoms with E-state index in [1.165, 1.54) is 5.69 Å². The van der Waals surface area contributed by atoms with Crippen molar-refractivity contribution in [3.05, 3.63) is 47.6 Å². The van der Waals surface area contributed by atoms with Crippen LogP contribution in [0.15, 0.2) is 42.0 Å². The Bertz CT molecular complexity index is 546. The van der Waals surface area contributed by atoms with Crippen molar-refractivity contribution in [2.24, 2.45) is 5.73 Å². The van der Waals surface area contributed by atoms with Gasteiger partial charge in [-0.2, -0.15) is 5.26 Å². The molecule has 2 N–H and O–H groups in total. The fraction of sp³-hybridized carbons (Fsp3) is 0.250. The van der Waals surface area contributed by atoms with Crippen molar-refractivity contribution in [3.8, 4) is 6.07 Å². The Morgan fingerprint density at radius 1 is 1.30 bits per heavy atom. The predicted molar refractivity (Wildman–Crippen MR) is 89.5 cm³/mol. The average molecular weight is 285 g/mol. The monoisotopic (exact) mass is 285 g/mol. The molecule has 0 aliphatic carbocycles. The minimum atomic E-state index is 0.119. The quantitative estimate of drug-likeness (QED) is 0.377. The van der Waals surface area contributed by atoms with Crippen molar-refractivity contribution in [2.45, 2.75) is 13.8 Å². The van der Waals surface area contributed by atoms with E-state index in [9.17, 15) is 0 Å². The van der Waals surface area contributed by atoms with Gasteiger partial charge >= 0.3 is 0 Å². The Morgan fingerprint density at radius 3 is 2.35 bits per heavy atom. The Morgan fingerprint density at radius 2 is 1.90 bits per heavy atom. The zero-order valence-corrected chi connectivity index (χ0v) is 12.7. The number of rotatable bonds is 6. The first-order chi connectivity index (χ1) is 9.62. The summed E-state index contributed by atoms with van der Waals surface area (Å²) in [6, 6.07) is 10.2. The topological polar surface area (TPSA) is 53.0 Å². The Labute approximate surface area is 126 Å². The lowest BCUT2D eigenvalue weighted by Crippen LogP contribution is -2.21. The number of nitrogens with zero attached hydrogens (tertiary/aromatic N) is 2. The van der Waals surface area contributed by atoms with Crippen LogP contribution in [0.4, 0.5) is 5.69 Å². The molecule has 4 heteroatoms. The van der Waals surface area contributed by atoms with Gasteiger partial charge in [-0.1, -0.05) is 36.5 Å². The average Bonchev–Trinajstić information content (AvgIpc) is 2.46. The van der Waals surface area contributed by atoms with E-state index in [1.807, 2.05) is 24.3 Å². The molecule has 3 nitrogen and oxygen atoms in total. The molecule has 1 rings (SSSR count). The molecule has 1 aromatic rings. The summed E-state index contributed by atoms with van der Waals surface area (Å²) >= 11 is 4.77. The van der Waals surface area contributed by atoms with E-state index in [1.54, 1.807) is 12.2 Å². The van der Waals surface area contributed by atoms with E-state index in [-0.39, 0.29) is 4.99 Å². The molecule has 0 amide bonds. The summed E-state index contributed by atoms with van der Waals surface area (Å²) < 4.78 is 0. The molecule has 0 aromatic heterocycles. The van der Waals surface area contributed by atoms with Crippen LogP contribution in [0.1, 0.15) is 19.4 Å². The third-order valence-electron chi connectivity index (χ3n) is 2.96. The summed E-state index contributed by atoms with van der Waals surface area (Å²) in [4.78, 5) is 2.41. The van der Waals surface area contributed by atoms with Crippen molar-refractivity contribution >= 4 is 29.0 Å². The number of thiocarbonyl (C=S) groups is 1. The minimum Gasteiger partial charge on any atom is -0.389 e. The summed E-state index contributed by atoms with van der Waals surface area (Å²) in [6.45, 7) is 6.27. The summed E-state index contributed by atoms with van der Waals surface area (Å²) in [5.41, 5.74) is 8.01. The number of nitriles is 1. The summed E-state index contributed by atoms with van der Waals surface area (Å²) in [5.74, 6) is 0. The number of hydrogen-bond acceptors (Lipinski definition) is 3. The fourth-order valence-electron chi connectivity index (χ4n) is 1.81. The second-order valence-electron chi connectivity index (χ2n) is 4.18. The van der Waals surface area contributed by atoms with Crippen molar-refractivity contribution in [1.82, 2.24) is 0 Å². The number of allylic oxidation sites excluding steroid dienone is 2. The Kier molecular flexibility index (Phi) is 6.48. The van der Waals surface area contributed by atoms with Crippen molar-refractivity contribution in [1.29, 1.82) is 5.26 Å². The molecule has 0 unspecified atom stereocenters. The molecular weight excluding hydrogens is 266 g/mol. The molecule has 0 bridgehead atoms. The first-order valence-corrected chi connectivity index (χ1v) is 6.96. The van der Waals surface area contributed by atoms with Crippen LogP contribution >= 0.6 is 12.2 Å². The van der Waals surface area contributed by atoms with Gasteiger partial charge in [0.2, 0.25) is 0 Å². The van der Waals surface area contributed by atoms with Gasteiger partial charge in [-0.15, -0.1) is 0 Å². The molecule has 1 aromatic carbocycles. The van der Waals surface area contributed by atoms with E-state index in [0.29, 0.717) is 5.57 Å². The van der Waals surface area contributed by atoms with Gasteiger partial charge < -0.3 is 10.6 Å². The highest BCUT2D eigenvalue weighted by molar-refractivity contribution is 7.80. The number of nitrogens with two attached hydrogens (primary N) is 1. The molecule has 0 heterocycles. The lowest BCUT2D eigenvalue weighted by Gasteiger charge is -2.20. The molecular formula is C16H19N3S. The van der Waals surface area contributed by atoms with Gasteiger partial charge in [0.25, 0.3) is 0 Å². The maximum absolute atomic E-state index is 8.82. The van der Waals surface area contributed by atoms with E-state index < -0.39 is 0 Å². The van der Waals surface area contributed by atoms with Gasteiger partial charge in [-0.3, -0.25) is 0 Å². The fourth-order valence-corrected chi connectivity index (χ4v) is 1.93. The molecule has 0 saturated carbocycles. The first kappa shape index (κ1) is 15.9. The van der Waals surface area contributed by atoms with Crippen LogP contribution in [0.5, 0.6) is 0 Å². The largest absolute Gasteiger partial charge is 0.389 e. The lowest BCUT2D eigenvalue weighted by molar-refractivity contribution is 0.866. The normalized spacial score (nSPS) is 11.3. The lowest BCUT2D eigenvalue weighted by atomic mass is 10.1. The molecule has 0 radical (unpaired) electrons. The SMILES string of the molecule is CCN(CC)c1ccc(/C=C/C=C(/C#N)C(N)=S)cc1.